The van der Waals surface area contributed by atoms with Gasteiger partial charge in [-0.2, -0.15) is 0 Å². The summed E-state index contributed by atoms with van der Waals surface area (Å²) in [5.41, 5.74) is 4.47. The van der Waals surface area contributed by atoms with Crippen LogP contribution in [-0.4, -0.2) is 28.3 Å². The SMILES string of the molecule is Cl.O=C(CCCN1CCc2c(c3cc(F)ccc3n2-c2ccc(F)cc2)C1)c1ccc(F)cc1. The molecule has 5 rings (SSSR count). The molecular weight excluding hydrogens is 461 g/mol. The smallest absolute Gasteiger partial charge is 0.162 e. The molecule has 176 valence electrons. The summed E-state index contributed by atoms with van der Waals surface area (Å²) >= 11 is 0. The van der Waals surface area contributed by atoms with Crippen molar-refractivity contribution in [2.45, 2.75) is 25.8 Å². The van der Waals surface area contributed by atoms with Gasteiger partial charge in [-0.15, -0.1) is 12.4 Å². The number of hydrogen-bond acceptors (Lipinski definition) is 2. The molecule has 1 aliphatic rings. The Labute approximate surface area is 202 Å². The number of ketones is 1. The van der Waals surface area contributed by atoms with Crippen LogP contribution in [-0.2, 0) is 13.0 Å². The van der Waals surface area contributed by atoms with Crippen LogP contribution in [0.15, 0.2) is 66.7 Å². The zero-order valence-corrected chi connectivity index (χ0v) is 19.3. The lowest BCUT2D eigenvalue weighted by Gasteiger charge is -2.28. The summed E-state index contributed by atoms with van der Waals surface area (Å²) in [6, 6.07) is 16.8. The van der Waals surface area contributed by atoms with Crippen molar-refractivity contribution < 1.29 is 18.0 Å². The second kappa shape index (κ2) is 10.0. The zero-order valence-electron chi connectivity index (χ0n) is 18.4. The van der Waals surface area contributed by atoms with Crippen LogP contribution in [0.1, 0.15) is 34.5 Å². The number of nitrogens with zero attached hydrogens (tertiary/aromatic N) is 2. The van der Waals surface area contributed by atoms with E-state index >= 15 is 0 Å². The maximum absolute atomic E-state index is 14.1. The summed E-state index contributed by atoms with van der Waals surface area (Å²) in [7, 11) is 0. The lowest BCUT2D eigenvalue weighted by Crippen LogP contribution is -2.32. The summed E-state index contributed by atoms with van der Waals surface area (Å²) in [6.07, 6.45) is 1.85. The highest BCUT2D eigenvalue weighted by Gasteiger charge is 2.25. The number of carbonyl (C=O) groups excluding carboxylic acids is 1. The topological polar surface area (TPSA) is 25.2 Å². The molecule has 2 heterocycles. The third-order valence-corrected chi connectivity index (χ3v) is 6.32. The molecule has 1 aromatic heterocycles. The molecule has 0 bridgehead atoms. The number of hydrogen-bond donors (Lipinski definition) is 0. The Morgan fingerprint density at radius 2 is 1.50 bits per heavy atom. The fourth-order valence-corrected chi connectivity index (χ4v) is 4.71. The molecule has 0 amide bonds. The van der Waals surface area contributed by atoms with Gasteiger partial charge < -0.3 is 4.57 Å². The minimum absolute atomic E-state index is 0. The second-order valence-corrected chi connectivity index (χ2v) is 8.46. The Bertz CT molecular complexity index is 1320. The van der Waals surface area contributed by atoms with E-state index in [1.165, 1.54) is 42.5 Å². The highest BCUT2D eigenvalue weighted by Crippen LogP contribution is 2.34. The van der Waals surface area contributed by atoms with Crippen molar-refractivity contribution in [1.29, 1.82) is 0 Å². The van der Waals surface area contributed by atoms with Gasteiger partial charge in [0.25, 0.3) is 0 Å². The summed E-state index contributed by atoms with van der Waals surface area (Å²) < 4.78 is 42.8. The summed E-state index contributed by atoms with van der Waals surface area (Å²) in [6.45, 7) is 2.22. The van der Waals surface area contributed by atoms with Crippen LogP contribution in [0.3, 0.4) is 0 Å². The van der Waals surface area contributed by atoms with Crippen LogP contribution in [0.4, 0.5) is 13.2 Å². The minimum atomic E-state index is -0.355. The molecular formula is C27H24ClF3N2O. The molecule has 0 atom stereocenters. The molecule has 0 aliphatic carbocycles. The van der Waals surface area contributed by atoms with Crippen LogP contribution >= 0.6 is 12.4 Å². The largest absolute Gasteiger partial charge is 0.313 e. The fourth-order valence-electron chi connectivity index (χ4n) is 4.71. The molecule has 7 heteroatoms. The van der Waals surface area contributed by atoms with Gasteiger partial charge in [-0.05, 0) is 85.3 Å². The van der Waals surface area contributed by atoms with Gasteiger partial charge >= 0.3 is 0 Å². The maximum atomic E-state index is 14.1. The average Bonchev–Trinajstić information content (AvgIpc) is 3.13. The van der Waals surface area contributed by atoms with E-state index in [0.717, 1.165) is 47.4 Å². The molecule has 0 unspecified atom stereocenters. The van der Waals surface area contributed by atoms with Crippen LogP contribution in [0.2, 0.25) is 0 Å². The molecule has 4 aromatic rings. The number of carbonyl (C=O) groups is 1. The molecule has 1 aliphatic heterocycles. The van der Waals surface area contributed by atoms with Crippen molar-refractivity contribution >= 4 is 29.1 Å². The Morgan fingerprint density at radius 3 is 2.21 bits per heavy atom. The molecule has 0 saturated heterocycles. The highest BCUT2D eigenvalue weighted by atomic mass is 35.5. The number of rotatable bonds is 6. The van der Waals surface area contributed by atoms with E-state index in [1.54, 1.807) is 24.3 Å². The van der Waals surface area contributed by atoms with Gasteiger partial charge in [0.05, 0.1) is 5.52 Å². The first kappa shape index (κ1) is 24.0. The first-order valence-electron chi connectivity index (χ1n) is 11.1. The number of Topliss-reactive ketones (excluding diaryl/α,β-unsaturated/α-hetero) is 1. The van der Waals surface area contributed by atoms with Gasteiger partial charge in [0, 0.05) is 48.3 Å². The molecule has 0 N–H and O–H groups in total. The first-order chi connectivity index (χ1) is 16.0. The van der Waals surface area contributed by atoms with Gasteiger partial charge in [0.1, 0.15) is 17.5 Å². The number of fused-ring (bicyclic) bond motifs is 3. The number of halogens is 4. The standard InChI is InChI=1S/C27H23F3N2O.ClH/c28-19-5-3-18(4-6-19)27(33)2-1-14-31-15-13-26-24(17-31)23-16-21(30)9-12-25(23)32(26)22-10-7-20(29)8-11-22;/h3-12,16H,1-2,13-15,17H2;1H. The van der Waals surface area contributed by atoms with Crippen molar-refractivity contribution in [1.82, 2.24) is 9.47 Å². The van der Waals surface area contributed by atoms with Crippen molar-refractivity contribution in [3.8, 4) is 5.69 Å². The highest BCUT2D eigenvalue weighted by molar-refractivity contribution is 5.96. The maximum Gasteiger partial charge on any atom is 0.162 e. The Balaban J connectivity index is 0.00000274. The normalized spacial score (nSPS) is 13.5. The van der Waals surface area contributed by atoms with E-state index in [9.17, 15) is 18.0 Å². The predicted molar refractivity (Wildman–Crippen MR) is 129 cm³/mol. The van der Waals surface area contributed by atoms with Crippen molar-refractivity contribution in [3.63, 3.8) is 0 Å². The van der Waals surface area contributed by atoms with Crippen LogP contribution in [0.5, 0.6) is 0 Å². The van der Waals surface area contributed by atoms with Crippen LogP contribution in [0, 0.1) is 17.5 Å². The minimum Gasteiger partial charge on any atom is -0.313 e. The van der Waals surface area contributed by atoms with Gasteiger partial charge in [0.15, 0.2) is 5.78 Å². The predicted octanol–water partition coefficient (Wildman–Crippen LogP) is 6.49. The average molecular weight is 485 g/mol. The van der Waals surface area contributed by atoms with Gasteiger partial charge in [0.2, 0.25) is 0 Å². The molecule has 0 saturated carbocycles. The van der Waals surface area contributed by atoms with E-state index in [0.29, 0.717) is 24.9 Å². The van der Waals surface area contributed by atoms with Gasteiger partial charge in [-0.3, -0.25) is 9.69 Å². The Morgan fingerprint density at radius 1 is 0.853 bits per heavy atom. The first-order valence-corrected chi connectivity index (χ1v) is 11.1. The monoisotopic (exact) mass is 484 g/mol. The van der Waals surface area contributed by atoms with E-state index in [-0.39, 0.29) is 35.6 Å². The number of aromatic nitrogens is 1. The Kier molecular flexibility index (Phi) is 7.10. The van der Waals surface area contributed by atoms with Crippen molar-refractivity contribution in [2.24, 2.45) is 0 Å². The zero-order chi connectivity index (χ0) is 22.9. The van der Waals surface area contributed by atoms with Gasteiger partial charge in [-0.1, -0.05) is 0 Å². The second-order valence-electron chi connectivity index (χ2n) is 8.46. The molecule has 34 heavy (non-hydrogen) atoms. The Hall–Kier alpha value is -3.09. The summed E-state index contributed by atoms with van der Waals surface area (Å²) in [4.78, 5) is 14.7. The quantitative estimate of drug-likeness (QED) is 0.292. The lowest BCUT2D eigenvalue weighted by molar-refractivity contribution is 0.0973. The summed E-state index contributed by atoms with van der Waals surface area (Å²) in [5, 5.41) is 0.862. The van der Waals surface area contributed by atoms with E-state index < -0.39 is 0 Å². The molecule has 3 aromatic carbocycles. The lowest BCUT2D eigenvalue weighted by atomic mass is 10.0. The third kappa shape index (κ3) is 4.74. The van der Waals surface area contributed by atoms with E-state index in [4.69, 9.17) is 0 Å². The van der Waals surface area contributed by atoms with Crippen molar-refractivity contribution in [2.75, 3.05) is 13.1 Å². The molecule has 0 fully saturated rings. The molecule has 3 nitrogen and oxygen atoms in total. The van der Waals surface area contributed by atoms with E-state index in [2.05, 4.69) is 9.47 Å². The third-order valence-electron chi connectivity index (χ3n) is 6.32. The van der Waals surface area contributed by atoms with Gasteiger partial charge in [-0.25, -0.2) is 13.2 Å². The van der Waals surface area contributed by atoms with Crippen LogP contribution in [0.25, 0.3) is 16.6 Å². The van der Waals surface area contributed by atoms with Crippen LogP contribution < -0.4 is 0 Å². The molecule has 0 radical (unpaired) electrons. The molecule has 0 spiro atoms. The van der Waals surface area contributed by atoms with E-state index in [1.807, 2.05) is 0 Å². The number of benzene rings is 3. The van der Waals surface area contributed by atoms with Crippen molar-refractivity contribution in [3.05, 3.63) is 101 Å². The summed E-state index contributed by atoms with van der Waals surface area (Å²) in [5.74, 6) is -0.936. The fraction of sp³-hybridized carbons (Fsp3) is 0.222.